The quantitative estimate of drug-likeness (QED) is 0.838. The maximum atomic E-state index is 14.6. The smallest absolute Gasteiger partial charge is 0.260 e. The van der Waals surface area contributed by atoms with E-state index in [0.717, 1.165) is 5.56 Å². The second kappa shape index (κ2) is 5.67. The van der Waals surface area contributed by atoms with Gasteiger partial charge in [0.1, 0.15) is 0 Å². The largest absolute Gasteiger partial charge is 0.394 e. The number of halogens is 1. The van der Waals surface area contributed by atoms with Crippen molar-refractivity contribution in [1.82, 2.24) is 5.32 Å². The third-order valence-electron chi connectivity index (χ3n) is 3.64. The minimum Gasteiger partial charge on any atom is -0.394 e. The summed E-state index contributed by atoms with van der Waals surface area (Å²) in [6.45, 7) is 1.30. The Morgan fingerprint density at radius 2 is 2.11 bits per heavy atom. The van der Waals surface area contributed by atoms with Crippen LogP contribution in [0.3, 0.4) is 0 Å². The van der Waals surface area contributed by atoms with Gasteiger partial charge in [-0.1, -0.05) is 37.3 Å². The van der Waals surface area contributed by atoms with Crippen molar-refractivity contribution >= 4 is 5.91 Å². The third kappa shape index (κ3) is 2.77. The van der Waals surface area contributed by atoms with Crippen molar-refractivity contribution in [2.45, 2.75) is 25.2 Å². The van der Waals surface area contributed by atoms with Crippen molar-refractivity contribution in [2.24, 2.45) is 5.92 Å². The number of carbonyl (C=O) groups excluding carboxylic acids is 1. The highest BCUT2D eigenvalue weighted by atomic mass is 19.1. The van der Waals surface area contributed by atoms with E-state index in [0.29, 0.717) is 0 Å². The number of ether oxygens (including phenoxy) is 1. The minimum atomic E-state index is -2.07. The van der Waals surface area contributed by atoms with Gasteiger partial charge in [-0.05, 0) is 5.56 Å². The van der Waals surface area contributed by atoms with Crippen LogP contribution in [-0.4, -0.2) is 35.9 Å². The molecule has 4 nitrogen and oxygen atoms in total. The number of hydrogen-bond acceptors (Lipinski definition) is 3. The van der Waals surface area contributed by atoms with Gasteiger partial charge in [-0.15, -0.1) is 0 Å². The van der Waals surface area contributed by atoms with Gasteiger partial charge in [-0.25, -0.2) is 4.39 Å². The summed E-state index contributed by atoms with van der Waals surface area (Å²) in [5, 5.41) is 11.5. The summed E-state index contributed by atoms with van der Waals surface area (Å²) in [7, 11) is 0. The van der Waals surface area contributed by atoms with Gasteiger partial charge in [-0.3, -0.25) is 4.79 Å². The molecule has 3 atom stereocenters. The van der Waals surface area contributed by atoms with E-state index in [-0.39, 0.29) is 19.8 Å². The highest BCUT2D eigenvalue weighted by molar-refractivity contribution is 5.88. The van der Waals surface area contributed by atoms with E-state index in [1.807, 2.05) is 30.3 Å². The second-order valence-corrected chi connectivity index (χ2v) is 4.89. The van der Waals surface area contributed by atoms with E-state index < -0.39 is 23.5 Å². The van der Waals surface area contributed by atoms with Gasteiger partial charge in [0.15, 0.2) is 0 Å². The number of benzene rings is 1. The van der Waals surface area contributed by atoms with Gasteiger partial charge >= 0.3 is 0 Å². The SMILES string of the molecule is C[C@H]1[C@@H](CO)NC(=O)C1(F)COCc1ccccc1. The Labute approximate surface area is 111 Å². The summed E-state index contributed by atoms with van der Waals surface area (Å²) in [6.07, 6.45) is 0. The molecule has 0 saturated carbocycles. The first-order valence-electron chi connectivity index (χ1n) is 6.30. The summed E-state index contributed by atoms with van der Waals surface area (Å²) in [5.41, 5.74) is -1.14. The van der Waals surface area contributed by atoms with Crippen molar-refractivity contribution in [2.75, 3.05) is 13.2 Å². The van der Waals surface area contributed by atoms with Crippen LogP contribution in [0.4, 0.5) is 4.39 Å². The molecule has 2 N–H and O–H groups in total. The van der Waals surface area contributed by atoms with Gasteiger partial charge in [0.05, 0.1) is 25.9 Å². The molecule has 19 heavy (non-hydrogen) atoms. The lowest BCUT2D eigenvalue weighted by atomic mass is 9.90. The molecule has 0 aliphatic carbocycles. The molecule has 1 aliphatic heterocycles. The predicted octanol–water partition coefficient (Wildman–Crippen LogP) is 1.04. The Morgan fingerprint density at radius 3 is 2.68 bits per heavy atom. The molecular formula is C14H18FNO3. The fourth-order valence-corrected chi connectivity index (χ4v) is 2.23. The topological polar surface area (TPSA) is 58.6 Å². The minimum absolute atomic E-state index is 0.260. The number of rotatable bonds is 5. The number of aliphatic hydroxyl groups excluding tert-OH is 1. The van der Waals surface area contributed by atoms with Crippen LogP contribution in [0.5, 0.6) is 0 Å². The maximum Gasteiger partial charge on any atom is 0.260 e. The Balaban J connectivity index is 1.93. The van der Waals surface area contributed by atoms with Crippen molar-refractivity contribution in [1.29, 1.82) is 0 Å². The van der Waals surface area contributed by atoms with Gasteiger partial charge in [0, 0.05) is 5.92 Å². The monoisotopic (exact) mass is 267 g/mol. The molecule has 104 valence electrons. The zero-order valence-electron chi connectivity index (χ0n) is 10.8. The molecule has 0 aromatic heterocycles. The Hall–Kier alpha value is -1.46. The Morgan fingerprint density at radius 1 is 1.42 bits per heavy atom. The van der Waals surface area contributed by atoms with E-state index >= 15 is 0 Å². The first kappa shape index (κ1) is 14.0. The molecule has 1 unspecified atom stereocenters. The van der Waals surface area contributed by atoms with E-state index in [4.69, 9.17) is 9.84 Å². The highest BCUT2D eigenvalue weighted by Crippen LogP contribution is 2.32. The van der Waals surface area contributed by atoms with Crippen LogP contribution >= 0.6 is 0 Å². The van der Waals surface area contributed by atoms with E-state index in [1.165, 1.54) is 0 Å². The van der Waals surface area contributed by atoms with E-state index in [2.05, 4.69) is 5.32 Å². The molecule has 0 bridgehead atoms. The number of aliphatic hydroxyl groups is 1. The van der Waals surface area contributed by atoms with Crippen LogP contribution in [0.2, 0.25) is 0 Å². The molecule has 5 heteroatoms. The molecule has 1 amide bonds. The van der Waals surface area contributed by atoms with Gasteiger partial charge in [-0.2, -0.15) is 0 Å². The summed E-state index contributed by atoms with van der Waals surface area (Å²) < 4.78 is 19.9. The molecule has 1 aliphatic rings. The summed E-state index contributed by atoms with van der Waals surface area (Å²) in [6, 6.07) is 8.84. The fourth-order valence-electron chi connectivity index (χ4n) is 2.23. The average molecular weight is 267 g/mol. The molecule has 1 saturated heterocycles. The van der Waals surface area contributed by atoms with Crippen LogP contribution in [0.25, 0.3) is 0 Å². The molecule has 1 aromatic rings. The molecule has 1 heterocycles. The summed E-state index contributed by atoms with van der Waals surface area (Å²) in [5.74, 6) is -1.31. The molecule has 0 radical (unpaired) electrons. The van der Waals surface area contributed by atoms with E-state index in [1.54, 1.807) is 6.92 Å². The molecule has 0 spiro atoms. The molecular weight excluding hydrogens is 249 g/mol. The van der Waals surface area contributed by atoms with Crippen LogP contribution < -0.4 is 5.32 Å². The number of nitrogens with one attached hydrogen (secondary N) is 1. The zero-order chi connectivity index (χ0) is 13.9. The lowest BCUT2D eigenvalue weighted by Crippen LogP contribution is -2.41. The van der Waals surface area contributed by atoms with Crippen molar-refractivity contribution < 1.29 is 19.0 Å². The normalized spacial score (nSPS) is 30.4. The Kier molecular flexibility index (Phi) is 4.17. The summed E-state index contributed by atoms with van der Waals surface area (Å²) >= 11 is 0. The number of alkyl halides is 1. The predicted molar refractivity (Wildman–Crippen MR) is 68.1 cm³/mol. The average Bonchev–Trinajstić information content (AvgIpc) is 2.64. The van der Waals surface area contributed by atoms with Gasteiger partial charge in [0.2, 0.25) is 5.67 Å². The Bertz CT molecular complexity index is 440. The van der Waals surface area contributed by atoms with Crippen molar-refractivity contribution in [3.8, 4) is 0 Å². The van der Waals surface area contributed by atoms with Crippen molar-refractivity contribution in [3.63, 3.8) is 0 Å². The second-order valence-electron chi connectivity index (χ2n) is 4.89. The lowest BCUT2D eigenvalue weighted by molar-refractivity contribution is -0.135. The van der Waals surface area contributed by atoms with E-state index in [9.17, 15) is 9.18 Å². The number of amides is 1. The fraction of sp³-hybridized carbons (Fsp3) is 0.500. The number of hydrogen-bond donors (Lipinski definition) is 2. The molecule has 2 rings (SSSR count). The van der Waals surface area contributed by atoms with Crippen LogP contribution in [0.1, 0.15) is 12.5 Å². The van der Waals surface area contributed by atoms with Crippen LogP contribution in [0.15, 0.2) is 30.3 Å². The summed E-state index contributed by atoms with van der Waals surface area (Å²) in [4.78, 5) is 11.6. The standard InChI is InChI=1S/C14H18FNO3/c1-10-12(7-17)16-13(18)14(10,15)9-19-8-11-5-3-2-4-6-11/h2-6,10,12,17H,7-9H2,1H3,(H,16,18)/t10-,12+,14?/m0/s1. The van der Waals surface area contributed by atoms with Gasteiger partial charge in [0.25, 0.3) is 5.91 Å². The molecule has 1 aromatic carbocycles. The third-order valence-corrected chi connectivity index (χ3v) is 3.64. The maximum absolute atomic E-state index is 14.6. The number of carbonyl (C=O) groups is 1. The van der Waals surface area contributed by atoms with Gasteiger partial charge < -0.3 is 15.2 Å². The highest BCUT2D eigenvalue weighted by Gasteiger charge is 2.53. The lowest BCUT2D eigenvalue weighted by Gasteiger charge is -2.23. The zero-order valence-corrected chi connectivity index (χ0v) is 10.8. The first-order valence-corrected chi connectivity index (χ1v) is 6.30. The molecule has 1 fully saturated rings. The van der Waals surface area contributed by atoms with Crippen LogP contribution in [0, 0.1) is 5.92 Å². The first-order chi connectivity index (χ1) is 9.08. The van der Waals surface area contributed by atoms with Crippen molar-refractivity contribution in [3.05, 3.63) is 35.9 Å². The van der Waals surface area contributed by atoms with Crippen LogP contribution in [-0.2, 0) is 16.1 Å².